The number of ether oxygens (including phenoxy) is 1. The number of benzene rings is 1. The molecule has 1 aliphatic rings. The molecule has 1 unspecified atom stereocenters. The van der Waals surface area contributed by atoms with Gasteiger partial charge in [-0.15, -0.1) is 0 Å². The van der Waals surface area contributed by atoms with Crippen LogP contribution < -0.4 is 10.6 Å². The van der Waals surface area contributed by atoms with Gasteiger partial charge in [0.1, 0.15) is 0 Å². The van der Waals surface area contributed by atoms with Gasteiger partial charge in [0.25, 0.3) is 0 Å². The van der Waals surface area contributed by atoms with E-state index < -0.39 is 0 Å². The Morgan fingerprint density at radius 3 is 2.77 bits per heavy atom. The Bertz CT molecular complexity index is 525. The van der Waals surface area contributed by atoms with Crippen LogP contribution in [0.1, 0.15) is 18.4 Å². The van der Waals surface area contributed by atoms with E-state index in [1.54, 1.807) is 20.2 Å². The van der Waals surface area contributed by atoms with Gasteiger partial charge in [0.05, 0.1) is 12.5 Å². The fourth-order valence-corrected chi connectivity index (χ4v) is 2.30. The van der Waals surface area contributed by atoms with E-state index in [9.17, 15) is 9.59 Å². The number of rotatable bonds is 5. The first kappa shape index (κ1) is 16.3. The van der Waals surface area contributed by atoms with Crippen molar-refractivity contribution in [1.29, 1.82) is 0 Å². The minimum atomic E-state index is -0.278. The third kappa shape index (κ3) is 4.73. The van der Waals surface area contributed by atoms with E-state index in [4.69, 9.17) is 4.74 Å². The molecule has 0 aliphatic carbocycles. The Balaban J connectivity index is 1.90. The Kier molecular flexibility index (Phi) is 5.77. The van der Waals surface area contributed by atoms with Gasteiger partial charge in [0.15, 0.2) is 0 Å². The van der Waals surface area contributed by atoms with Crippen LogP contribution in [0.15, 0.2) is 24.3 Å². The second-order valence-electron chi connectivity index (χ2n) is 5.59. The minimum absolute atomic E-state index is 0.00554. The molecule has 1 aromatic carbocycles. The zero-order valence-electron chi connectivity index (χ0n) is 13.1. The molecule has 0 radical (unpaired) electrons. The summed E-state index contributed by atoms with van der Waals surface area (Å²) in [6.45, 7) is 1.27. The summed E-state index contributed by atoms with van der Waals surface area (Å²) in [5.74, 6) is -0.00554. The molecule has 2 N–H and O–H groups in total. The van der Waals surface area contributed by atoms with E-state index in [1.165, 1.54) is 4.90 Å². The molecule has 1 fully saturated rings. The maximum atomic E-state index is 12.0. The van der Waals surface area contributed by atoms with Gasteiger partial charge in [-0.05, 0) is 24.5 Å². The van der Waals surface area contributed by atoms with Crippen LogP contribution in [-0.4, -0.2) is 50.2 Å². The van der Waals surface area contributed by atoms with E-state index in [0.717, 1.165) is 25.0 Å². The highest BCUT2D eigenvalue weighted by Crippen LogP contribution is 2.16. The summed E-state index contributed by atoms with van der Waals surface area (Å²) in [5.41, 5.74) is 1.45. The third-order valence-electron chi connectivity index (χ3n) is 3.62. The molecule has 1 saturated heterocycles. The van der Waals surface area contributed by atoms with Crippen LogP contribution in [-0.2, 0) is 16.0 Å². The molecule has 0 bridgehead atoms. The lowest BCUT2D eigenvalue weighted by atomic mass is 10.1. The standard InChI is InChI=1S/C16H23N3O3/c1-19(2)15(20)10-12-6-3-4-8-14(12)18-16(21)17-11-13-7-5-9-22-13/h3-4,6,8,13H,5,7,9-11H2,1-2H3,(H2,17,18,21). The number of likely N-dealkylation sites (N-methyl/N-ethyl adjacent to an activating group) is 1. The normalized spacial score (nSPS) is 17.1. The number of amides is 3. The first-order valence-electron chi connectivity index (χ1n) is 7.51. The summed E-state index contributed by atoms with van der Waals surface area (Å²) >= 11 is 0. The summed E-state index contributed by atoms with van der Waals surface area (Å²) in [7, 11) is 3.43. The number of nitrogens with one attached hydrogen (secondary N) is 2. The quantitative estimate of drug-likeness (QED) is 0.868. The zero-order chi connectivity index (χ0) is 15.9. The third-order valence-corrected chi connectivity index (χ3v) is 3.62. The summed E-state index contributed by atoms with van der Waals surface area (Å²) in [6, 6.07) is 7.05. The summed E-state index contributed by atoms with van der Waals surface area (Å²) in [4.78, 5) is 25.3. The fraction of sp³-hybridized carbons (Fsp3) is 0.500. The lowest BCUT2D eigenvalue weighted by molar-refractivity contribution is -0.127. The average Bonchev–Trinajstić information content (AvgIpc) is 3.00. The molecule has 3 amide bonds. The highest BCUT2D eigenvalue weighted by Gasteiger charge is 2.16. The second kappa shape index (κ2) is 7.79. The lowest BCUT2D eigenvalue weighted by Crippen LogP contribution is -2.35. The molecule has 1 heterocycles. The number of para-hydroxylation sites is 1. The summed E-state index contributed by atoms with van der Waals surface area (Å²) < 4.78 is 5.46. The van der Waals surface area contributed by atoms with Crippen LogP contribution in [0.3, 0.4) is 0 Å². The first-order chi connectivity index (χ1) is 10.6. The Morgan fingerprint density at radius 2 is 2.09 bits per heavy atom. The van der Waals surface area contributed by atoms with E-state index in [2.05, 4.69) is 10.6 Å². The van der Waals surface area contributed by atoms with Gasteiger partial charge >= 0.3 is 6.03 Å². The number of carbonyl (C=O) groups excluding carboxylic acids is 2. The smallest absolute Gasteiger partial charge is 0.319 e. The Labute approximate surface area is 130 Å². The molecule has 1 atom stereocenters. The van der Waals surface area contributed by atoms with E-state index in [-0.39, 0.29) is 24.5 Å². The molecule has 2 rings (SSSR count). The van der Waals surface area contributed by atoms with Crippen molar-refractivity contribution in [3.8, 4) is 0 Å². The predicted octanol–water partition coefficient (Wildman–Crippen LogP) is 1.62. The predicted molar refractivity (Wildman–Crippen MR) is 84.8 cm³/mol. The van der Waals surface area contributed by atoms with E-state index >= 15 is 0 Å². The van der Waals surface area contributed by atoms with Crippen molar-refractivity contribution in [2.75, 3.05) is 32.6 Å². The maximum absolute atomic E-state index is 12.0. The van der Waals surface area contributed by atoms with E-state index in [1.807, 2.05) is 18.2 Å². The number of urea groups is 1. The highest BCUT2D eigenvalue weighted by molar-refractivity contribution is 5.91. The lowest BCUT2D eigenvalue weighted by Gasteiger charge is -2.15. The molecule has 1 aromatic rings. The van der Waals surface area contributed by atoms with Gasteiger partial charge in [-0.25, -0.2) is 4.79 Å². The highest BCUT2D eigenvalue weighted by atomic mass is 16.5. The minimum Gasteiger partial charge on any atom is -0.376 e. The topological polar surface area (TPSA) is 70.7 Å². The van der Waals surface area contributed by atoms with Gasteiger partial charge in [-0.2, -0.15) is 0 Å². The van der Waals surface area contributed by atoms with Gasteiger partial charge in [-0.1, -0.05) is 18.2 Å². The van der Waals surface area contributed by atoms with Crippen LogP contribution in [0.5, 0.6) is 0 Å². The van der Waals surface area contributed by atoms with Gasteiger partial charge in [-0.3, -0.25) is 4.79 Å². The Hall–Kier alpha value is -2.08. The fourth-order valence-electron chi connectivity index (χ4n) is 2.30. The number of anilines is 1. The van der Waals surface area contributed by atoms with Crippen LogP contribution in [0.2, 0.25) is 0 Å². The van der Waals surface area contributed by atoms with Crippen molar-refractivity contribution in [1.82, 2.24) is 10.2 Å². The van der Waals surface area contributed by atoms with Crippen molar-refractivity contribution < 1.29 is 14.3 Å². The molecule has 0 spiro atoms. The molecular weight excluding hydrogens is 282 g/mol. The van der Waals surface area contributed by atoms with Gasteiger partial charge < -0.3 is 20.3 Å². The van der Waals surface area contributed by atoms with Crippen LogP contribution in [0.25, 0.3) is 0 Å². The molecule has 6 heteroatoms. The average molecular weight is 305 g/mol. The SMILES string of the molecule is CN(C)C(=O)Cc1ccccc1NC(=O)NCC1CCCO1. The number of carbonyl (C=O) groups is 2. The summed E-state index contributed by atoms with van der Waals surface area (Å²) in [6.07, 6.45) is 2.39. The Morgan fingerprint density at radius 1 is 1.32 bits per heavy atom. The van der Waals surface area contributed by atoms with Crippen molar-refractivity contribution >= 4 is 17.6 Å². The maximum Gasteiger partial charge on any atom is 0.319 e. The van der Waals surface area contributed by atoms with Crippen LogP contribution in [0.4, 0.5) is 10.5 Å². The van der Waals surface area contributed by atoms with Gasteiger partial charge in [0.2, 0.25) is 5.91 Å². The summed E-state index contributed by atoms with van der Waals surface area (Å²) in [5, 5.41) is 5.61. The molecule has 120 valence electrons. The monoisotopic (exact) mass is 305 g/mol. The molecule has 1 aliphatic heterocycles. The van der Waals surface area contributed by atoms with Crippen molar-refractivity contribution in [2.24, 2.45) is 0 Å². The van der Waals surface area contributed by atoms with Crippen molar-refractivity contribution in [2.45, 2.75) is 25.4 Å². The largest absolute Gasteiger partial charge is 0.376 e. The van der Waals surface area contributed by atoms with Crippen LogP contribution in [0, 0.1) is 0 Å². The molecule has 0 saturated carbocycles. The first-order valence-corrected chi connectivity index (χ1v) is 7.51. The number of hydrogen-bond acceptors (Lipinski definition) is 3. The van der Waals surface area contributed by atoms with Crippen molar-refractivity contribution in [3.05, 3.63) is 29.8 Å². The second-order valence-corrected chi connectivity index (χ2v) is 5.59. The zero-order valence-corrected chi connectivity index (χ0v) is 13.1. The molecule has 22 heavy (non-hydrogen) atoms. The van der Waals surface area contributed by atoms with Crippen LogP contribution >= 0.6 is 0 Å². The number of nitrogens with zero attached hydrogens (tertiary/aromatic N) is 1. The molecule has 0 aromatic heterocycles. The van der Waals surface area contributed by atoms with E-state index in [0.29, 0.717) is 12.2 Å². The number of hydrogen-bond donors (Lipinski definition) is 2. The van der Waals surface area contributed by atoms with Gasteiger partial charge in [0, 0.05) is 32.9 Å². The molecule has 6 nitrogen and oxygen atoms in total. The van der Waals surface area contributed by atoms with Crippen molar-refractivity contribution in [3.63, 3.8) is 0 Å². The molecular formula is C16H23N3O3.